The third-order valence-electron chi connectivity index (χ3n) is 5.22. The van der Waals surface area contributed by atoms with Crippen LogP contribution in [-0.2, 0) is 25.9 Å². The van der Waals surface area contributed by atoms with E-state index in [-0.39, 0.29) is 5.91 Å². The Morgan fingerprint density at radius 3 is 2.96 bits per heavy atom. The van der Waals surface area contributed by atoms with Gasteiger partial charge in [-0.25, -0.2) is 0 Å². The van der Waals surface area contributed by atoms with Crippen molar-refractivity contribution in [1.29, 1.82) is 0 Å². The lowest BCUT2D eigenvalue weighted by Crippen LogP contribution is -2.39. The average molecular weight is 344 g/mol. The first-order valence-electron chi connectivity index (χ1n) is 8.85. The van der Waals surface area contributed by atoms with Crippen LogP contribution in [0.2, 0.25) is 0 Å². The highest BCUT2D eigenvalue weighted by molar-refractivity contribution is 7.10. The number of carbonyl (C=O) groups excluding carboxylic acids is 1. The molecule has 2 aliphatic rings. The van der Waals surface area contributed by atoms with Crippen LogP contribution in [0.4, 0.5) is 0 Å². The van der Waals surface area contributed by atoms with Crippen molar-refractivity contribution in [3.63, 3.8) is 0 Å². The number of hydrogen-bond donors (Lipinski definition) is 0. The van der Waals surface area contributed by atoms with Gasteiger partial charge in [-0.1, -0.05) is 20.8 Å². The summed E-state index contributed by atoms with van der Waals surface area (Å²) < 4.78 is 2.18. The number of hydrogen-bond acceptors (Lipinski definition) is 4. The maximum atomic E-state index is 13.0. The second kappa shape index (κ2) is 5.99. The average Bonchev–Trinajstić information content (AvgIpc) is 3.16. The summed E-state index contributed by atoms with van der Waals surface area (Å²) in [6, 6.07) is 0. The number of thiophene rings is 1. The first-order valence-corrected chi connectivity index (χ1v) is 9.73. The molecule has 0 radical (unpaired) electrons. The van der Waals surface area contributed by atoms with Gasteiger partial charge in [0.1, 0.15) is 5.82 Å². The van der Waals surface area contributed by atoms with Gasteiger partial charge in [-0.15, -0.1) is 21.5 Å². The molecule has 0 saturated carbocycles. The molecule has 2 aromatic rings. The van der Waals surface area contributed by atoms with Crippen LogP contribution in [0.1, 0.15) is 65.6 Å². The largest absolute Gasteiger partial charge is 0.329 e. The van der Waals surface area contributed by atoms with Crippen LogP contribution in [0, 0.1) is 5.92 Å². The van der Waals surface area contributed by atoms with Gasteiger partial charge in [0.25, 0.3) is 5.91 Å². The molecule has 1 unspecified atom stereocenters. The summed E-state index contributed by atoms with van der Waals surface area (Å²) in [4.78, 5) is 16.4. The summed E-state index contributed by atoms with van der Waals surface area (Å²) in [5.74, 6) is 3.21. The van der Waals surface area contributed by atoms with Gasteiger partial charge in [0, 0.05) is 29.3 Å². The Kier molecular flexibility index (Phi) is 3.95. The molecule has 0 fully saturated rings. The van der Waals surface area contributed by atoms with Crippen molar-refractivity contribution >= 4 is 17.2 Å². The van der Waals surface area contributed by atoms with E-state index in [0.29, 0.717) is 12.5 Å². The Balaban J connectivity index is 1.56. The van der Waals surface area contributed by atoms with E-state index in [1.54, 1.807) is 11.3 Å². The zero-order valence-corrected chi connectivity index (χ0v) is 15.4. The van der Waals surface area contributed by atoms with E-state index in [2.05, 4.69) is 40.9 Å². The third-order valence-corrected chi connectivity index (χ3v) is 6.27. The zero-order valence-electron chi connectivity index (χ0n) is 14.6. The Labute approximate surface area is 146 Å². The molecule has 5 nitrogen and oxygen atoms in total. The Hall–Kier alpha value is -1.69. The van der Waals surface area contributed by atoms with Crippen LogP contribution in [0.25, 0.3) is 0 Å². The van der Waals surface area contributed by atoms with Crippen molar-refractivity contribution < 1.29 is 4.79 Å². The van der Waals surface area contributed by atoms with Crippen molar-refractivity contribution in [3.05, 3.63) is 33.0 Å². The van der Waals surface area contributed by atoms with Gasteiger partial charge in [-0.2, -0.15) is 0 Å². The van der Waals surface area contributed by atoms with E-state index < -0.39 is 0 Å². The molecular weight excluding hydrogens is 320 g/mol. The lowest BCUT2D eigenvalue weighted by atomic mass is 9.88. The van der Waals surface area contributed by atoms with Gasteiger partial charge in [0.05, 0.1) is 12.1 Å². The molecule has 6 heteroatoms. The van der Waals surface area contributed by atoms with Gasteiger partial charge < -0.3 is 9.47 Å². The summed E-state index contributed by atoms with van der Waals surface area (Å²) in [6.07, 6.45) is 3.36. The van der Waals surface area contributed by atoms with E-state index in [9.17, 15) is 4.79 Å². The summed E-state index contributed by atoms with van der Waals surface area (Å²) >= 11 is 1.76. The smallest absolute Gasteiger partial charge is 0.255 e. The topological polar surface area (TPSA) is 51.0 Å². The number of fused-ring (bicyclic) bond motifs is 2. The van der Waals surface area contributed by atoms with Crippen LogP contribution >= 0.6 is 11.3 Å². The number of nitrogens with zero attached hydrogens (tertiary/aromatic N) is 4. The SMILES string of the molecule is CC1CCc2c(C(=O)N3CCn4c(nnc4C(C)C)C3)csc2C1. The van der Waals surface area contributed by atoms with Crippen LogP contribution in [-0.4, -0.2) is 32.1 Å². The number of aromatic nitrogens is 3. The predicted octanol–water partition coefficient (Wildman–Crippen LogP) is 3.24. The maximum absolute atomic E-state index is 13.0. The van der Waals surface area contributed by atoms with Crippen LogP contribution in [0.3, 0.4) is 0 Å². The Bertz CT molecular complexity index is 776. The molecule has 1 atom stereocenters. The molecule has 1 aliphatic heterocycles. The summed E-state index contributed by atoms with van der Waals surface area (Å²) in [5, 5.41) is 10.7. The summed E-state index contributed by atoms with van der Waals surface area (Å²) in [5.41, 5.74) is 2.23. The first-order chi connectivity index (χ1) is 11.5. The minimum atomic E-state index is 0.169. The minimum absolute atomic E-state index is 0.169. The molecule has 0 N–H and O–H groups in total. The fourth-order valence-corrected chi connectivity index (χ4v) is 5.05. The second-order valence-electron chi connectivity index (χ2n) is 7.41. The molecule has 4 rings (SSSR count). The fourth-order valence-electron chi connectivity index (χ4n) is 3.81. The molecule has 0 spiro atoms. The van der Waals surface area contributed by atoms with Gasteiger partial charge >= 0.3 is 0 Å². The van der Waals surface area contributed by atoms with Crippen LogP contribution in [0.15, 0.2) is 5.38 Å². The molecule has 3 heterocycles. The second-order valence-corrected chi connectivity index (χ2v) is 8.37. The van der Waals surface area contributed by atoms with E-state index >= 15 is 0 Å². The standard InChI is InChI=1S/C18H24N4OS/c1-11(2)17-20-19-16-9-21(6-7-22(16)17)18(23)14-10-24-15-8-12(3)4-5-13(14)15/h10-12H,4-9H2,1-3H3. The number of carbonyl (C=O) groups is 1. The minimum Gasteiger partial charge on any atom is -0.329 e. The molecule has 128 valence electrons. The number of rotatable bonds is 2. The fraction of sp³-hybridized carbons (Fsp3) is 0.611. The molecule has 1 aliphatic carbocycles. The van der Waals surface area contributed by atoms with Crippen molar-refractivity contribution in [3.8, 4) is 0 Å². The van der Waals surface area contributed by atoms with E-state index in [1.807, 2.05) is 4.90 Å². The molecule has 1 amide bonds. The molecule has 2 aromatic heterocycles. The van der Waals surface area contributed by atoms with E-state index in [4.69, 9.17) is 0 Å². The predicted molar refractivity (Wildman–Crippen MR) is 94.4 cm³/mol. The van der Waals surface area contributed by atoms with Crippen molar-refractivity contribution in [1.82, 2.24) is 19.7 Å². The molecule has 0 aromatic carbocycles. The van der Waals surface area contributed by atoms with Gasteiger partial charge in [-0.05, 0) is 30.7 Å². The molecule has 24 heavy (non-hydrogen) atoms. The van der Waals surface area contributed by atoms with Crippen molar-refractivity contribution in [2.45, 2.75) is 59.0 Å². The highest BCUT2D eigenvalue weighted by Gasteiger charge is 2.29. The van der Waals surface area contributed by atoms with Crippen molar-refractivity contribution in [2.24, 2.45) is 5.92 Å². The normalized spacial score (nSPS) is 20.2. The summed E-state index contributed by atoms with van der Waals surface area (Å²) in [6.45, 7) is 8.67. The summed E-state index contributed by atoms with van der Waals surface area (Å²) in [7, 11) is 0. The van der Waals surface area contributed by atoms with Gasteiger partial charge in [0.2, 0.25) is 0 Å². The van der Waals surface area contributed by atoms with Gasteiger partial charge in [-0.3, -0.25) is 4.79 Å². The maximum Gasteiger partial charge on any atom is 0.255 e. The lowest BCUT2D eigenvalue weighted by Gasteiger charge is -2.29. The molecule has 0 bridgehead atoms. The van der Waals surface area contributed by atoms with Gasteiger partial charge in [0.15, 0.2) is 5.82 Å². The van der Waals surface area contributed by atoms with Crippen LogP contribution in [0.5, 0.6) is 0 Å². The Morgan fingerprint density at radius 2 is 2.17 bits per heavy atom. The third kappa shape index (κ3) is 2.57. The molecular formula is C18H24N4OS. The monoisotopic (exact) mass is 344 g/mol. The van der Waals surface area contributed by atoms with E-state index in [1.165, 1.54) is 16.9 Å². The van der Waals surface area contributed by atoms with Crippen molar-refractivity contribution in [2.75, 3.05) is 6.54 Å². The first kappa shape index (κ1) is 15.8. The molecule has 0 saturated heterocycles. The zero-order chi connectivity index (χ0) is 16.8. The quantitative estimate of drug-likeness (QED) is 0.840. The highest BCUT2D eigenvalue weighted by Crippen LogP contribution is 2.33. The van der Waals surface area contributed by atoms with Crippen LogP contribution < -0.4 is 0 Å². The Morgan fingerprint density at radius 1 is 1.33 bits per heavy atom. The highest BCUT2D eigenvalue weighted by atomic mass is 32.1. The lowest BCUT2D eigenvalue weighted by molar-refractivity contribution is 0.0705. The van der Waals surface area contributed by atoms with E-state index in [0.717, 1.165) is 49.1 Å². The number of amides is 1.